The molecule has 0 aliphatic carbocycles. The zero-order valence-electron chi connectivity index (χ0n) is 10.9. The molecule has 0 saturated carbocycles. The number of aromatic nitrogens is 1. The summed E-state index contributed by atoms with van der Waals surface area (Å²) in [6.07, 6.45) is 1.70. The Morgan fingerprint density at radius 3 is 2.53 bits per heavy atom. The first kappa shape index (κ1) is 13.8. The van der Waals surface area contributed by atoms with Crippen LogP contribution in [0, 0.1) is 11.5 Å². The smallest absolute Gasteiger partial charge is 0.137 e. The minimum Gasteiger partial charge on any atom is -0.490 e. The van der Waals surface area contributed by atoms with Crippen molar-refractivity contribution < 1.29 is 9.47 Å². The highest BCUT2D eigenvalue weighted by atomic mass is 28.3. The van der Waals surface area contributed by atoms with E-state index in [9.17, 15) is 0 Å². The van der Waals surface area contributed by atoms with Gasteiger partial charge in [0.15, 0.2) is 0 Å². The lowest BCUT2D eigenvalue weighted by Crippen LogP contribution is -2.16. The zero-order chi connectivity index (χ0) is 12.7. The molecular weight excluding hydrogens is 230 g/mol. The molecule has 0 aliphatic rings. The quantitative estimate of drug-likeness (QED) is 0.466. The lowest BCUT2D eigenvalue weighted by Gasteiger charge is -2.05. The van der Waals surface area contributed by atoms with Crippen LogP contribution < -0.4 is 4.74 Å². The summed E-state index contributed by atoms with van der Waals surface area (Å²) in [5, 5.41) is 0. The third kappa shape index (κ3) is 6.10. The number of hydrogen-bond donors (Lipinski definition) is 0. The number of methoxy groups -OCH3 is 1. The largest absolute Gasteiger partial charge is 0.490 e. The average molecular weight is 249 g/mol. The summed E-state index contributed by atoms with van der Waals surface area (Å²) < 4.78 is 10.3. The van der Waals surface area contributed by atoms with Gasteiger partial charge in [0.05, 0.1) is 12.8 Å². The summed E-state index contributed by atoms with van der Waals surface area (Å²) >= 11 is 0. The average Bonchev–Trinajstić information content (AvgIpc) is 2.27. The number of hydrogen-bond acceptors (Lipinski definition) is 3. The van der Waals surface area contributed by atoms with Gasteiger partial charge in [-0.1, -0.05) is 25.6 Å². The number of ether oxygens (including phenoxy) is 2. The van der Waals surface area contributed by atoms with E-state index < -0.39 is 8.07 Å². The van der Waals surface area contributed by atoms with Gasteiger partial charge in [-0.25, -0.2) is 4.98 Å². The molecule has 0 amide bonds. The lowest BCUT2D eigenvalue weighted by atomic mass is 10.3. The third-order valence-corrected chi connectivity index (χ3v) is 2.73. The van der Waals surface area contributed by atoms with Crippen molar-refractivity contribution in [1.29, 1.82) is 0 Å². The monoisotopic (exact) mass is 249 g/mol. The van der Waals surface area contributed by atoms with Gasteiger partial charge in [0.25, 0.3) is 0 Å². The highest BCUT2D eigenvalue weighted by Crippen LogP contribution is 2.08. The molecule has 1 rings (SSSR count). The molecule has 4 heteroatoms. The SMILES string of the molecule is COCCOc1ccc(C#C[Si](C)(C)C)nc1. The Hall–Kier alpha value is -1.31. The van der Waals surface area contributed by atoms with Crippen LogP contribution in [-0.2, 0) is 4.74 Å². The predicted molar refractivity (Wildman–Crippen MR) is 71.8 cm³/mol. The van der Waals surface area contributed by atoms with Crippen molar-refractivity contribution in [3.8, 4) is 17.2 Å². The summed E-state index contributed by atoms with van der Waals surface area (Å²) in [5.41, 5.74) is 4.07. The van der Waals surface area contributed by atoms with E-state index in [1.165, 1.54) is 0 Å². The summed E-state index contributed by atoms with van der Waals surface area (Å²) in [4.78, 5) is 4.24. The molecule has 0 aliphatic heterocycles. The molecular formula is C13H19NO2Si. The third-order valence-electron chi connectivity index (χ3n) is 1.86. The highest BCUT2D eigenvalue weighted by Gasteiger charge is 2.07. The van der Waals surface area contributed by atoms with E-state index in [1.54, 1.807) is 13.3 Å². The molecule has 0 saturated heterocycles. The summed E-state index contributed by atoms with van der Waals surface area (Å²) in [6.45, 7) is 7.75. The van der Waals surface area contributed by atoms with Crippen LogP contribution in [-0.4, -0.2) is 33.4 Å². The van der Waals surface area contributed by atoms with Gasteiger partial charge in [0.1, 0.15) is 26.1 Å². The van der Waals surface area contributed by atoms with Crippen molar-refractivity contribution in [2.45, 2.75) is 19.6 Å². The van der Waals surface area contributed by atoms with Crippen LogP contribution in [0.4, 0.5) is 0 Å². The van der Waals surface area contributed by atoms with Gasteiger partial charge in [-0.3, -0.25) is 0 Å². The fourth-order valence-electron chi connectivity index (χ4n) is 1.03. The number of rotatable bonds is 4. The molecule has 1 aromatic rings. The maximum absolute atomic E-state index is 5.42. The van der Waals surface area contributed by atoms with Crippen molar-refractivity contribution >= 4 is 8.07 Å². The van der Waals surface area contributed by atoms with E-state index >= 15 is 0 Å². The standard InChI is InChI=1S/C13H19NO2Si/c1-15-8-9-16-13-6-5-12(14-11-13)7-10-17(2,3)4/h5-6,11H,8-9H2,1-4H3. The molecule has 0 N–H and O–H groups in total. The second-order valence-corrected chi connectivity index (χ2v) is 9.47. The molecule has 0 atom stereocenters. The van der Waals surface area contributed by atoms with Crippen LogP contribution in [0.2, 0.25) is 19.6 Å². The Kier molecular flexibility index (Phi) is 5.20. The molecule has 3 nitrogen and oxygen atoms in total. The van der Waals surface area contributed by atoms with Crippen LogP contribution in [0.3, 0.4) is 0 Å². The Morgan fingerprint density at radius 1 is 1.24 bits per heavy atom. The Labute approximate surface area is 104 Å². The normalized spacial score (nSPS) is 10.6. The first-order valence-electron chi connectivity index (χ1n) is 5.62. The van der Waals surface area contributed by atoms with Crippen LogP contribution in [0.1, 0.15) is 5.69 Å². The van der Waals surface area contributed by atoms with E-state index in [0.717, 1.165) is 11.4 Å². The van der Waals surface area contributed by atoms with Crippen molar-refractivity contribution in [1.82, 2.24) is 4.98 Å². The fourth-order valence-corrected chi connectivity index (χ4v) is 1.54. The van der Waals surface area contributed by atoms with Crippen molar-refractivity contribution in [3.63, 3.8) is 0 Å². The van der Waals surface area contributed by atoms with E-state index in [4.69, 9.17) is 9.47 Å². The van der Waals surface area contributed by atoms with E-state index in [1.807, 2.05) is 12.1 Å². The molecule has 0 spiro atoms. The molecule has 17 heavy (non-hydrogen) atoms. The molecule has 0 fully saturated rings. The first-order chi connectivity index (χ1) is 8.01. The topological polar surface area (TPSA) is 31.4 Å². The van der Waals surface area contributed by atoms with Gasteiger partial charge in [0, 0.05) is 7.11 Å². The Bertz CT molecular complexity index is 398. The lowest BCUT2D eigenvalue weighted by molar-refractivity contribution is 0.146. The van der Waals surface area contributed by atoms with Gasteiger partial charge >= 0.3 is 0 Å². The maximum atomic E-state index is 5.42. The molecule has 1 heterocycles. The Balaban J connectivity index is 2.58. The van der Waals surface area contributed by atoms with Crippen LogP contribution in [0.25, 0.3) is 0 Å². The Morgan fingerprint density at radius 2 is 2.00 bits per heavy atom. The predicted octanol–water partition coefficient (Wildman–Crippen LogP) is 2.34. The molecule has 0 bridgehead atoms. The van der Waals surface area contributed by atoms with Crippen LogP contribution >= 0.6 is 0 Å². The summed E-state index contributed by atoms with van der Waals surface area (Å²) in [5.74, 6) is 3.85. The number of nitrogens with zero attached hydrogens (tertiary/aromatic N) is 1. The number of pyridine rings is 1. The van der Waals surface area contributed by atoms with Crippen molar-refractivity contribution in [3.05, 3.63) is 24.0 Å². The molecule has 92 valence electrons. The van der Waals surface area contributed by atoms with E-state index in [0.29, 0.717) is 13.2 Å². The van der Waals surface area contributed by atoms with Gasteiger partial charge in [-0.15, -0.1) is 5.54 Å². The van der Waals surface area contributed by atoms with Crippen molar-refractivity contribution in [2.75, 3.05) is 20.3 Å². The van der Waals surface area contributed by atoms with Crippen molar-refractivity contribution in [2.24, 2.45) is 0 Å². The van der Waals surface area contributed by atoms with Gasteiger partial charge < -0.3 is 9.47 Å². The zero-order valence-corrected chi connectivity index (χ0v) is 11.9. The van der Waals surface area contributed by atoms with Crippen LogP contribution in [0.15, 0.2) is 18.3 Å². The van der Waals surface area contributed by atoms with E-state index in [2.05, 4.69) is 36.1 Å². The first-order valence-corrected chi connectivity index (χ1v) is 9.12. The second-order valence-electron chi connectivity index (χ2n) is 4.72. The summed E-state index contributed by atoms with van der Waals surface area (Å²) in [7, 11) is 0.321. The summed E-state index contributed by atoms with van der Waals surface area (Å²) in [6, 6.07) is 3.77. The molecule has 1 aromatic heterocycles. The minimum absolute atomic E-state index is 0.540. The van der Waals surface area contributed by atoms with Gasteiger partial charge in [-0.2, -0.15) is 0 Å². The maximum Gasteiger partial charge on any atom is 0.137 e. The fraction of sp³-hybridized carbons (Fsp3) is 0.462. The molecule has 0 radical (unpaired) electrons. The van der Waals surface area contributed by atoms with Gasteiger partial charge in [0.2, 0.25) is 0 Å². The van der Waals surface area contributed by atoms with E-state index in [-0.39, 0.29) is 0 Å². The molecule has 0 aromatic carbocycles. The van der Waals surface area contributed by atoms with Crippen LogP contribution in [0.5, 0.6) is 5.75 Å². The minimum atomic E-state index is -1.33. The van der Waals surface area contributed by atoms with Gasteiger partial charge in [-0.05, 0) is 12.1 Å². The highest BCUT2D eigenvalue weighted by molar-refractivity contribution is 6.83. The second kappa shape index (κ2) is 6.43. The molecule has 0 unspecified atom stereocenters.